The van der Waals surface area contributed by atoms with Gasteiger partial charge in [0.05, 0.1) is 0 Å². The summed E-state index contributed by atoms with van der Waals surface area (Å²) in [5.41, 5.74) is 27.4. The van der Waals surface area contributed by atoms with Gasteiger partial charge in [-0.05, 0) is 186 Å². The summed E-state index contributed by atoms with van der Waals surface area (Å²) in [6.45, 7) is 36.8. The van der Waals surface area contributed by atoms with Crippen LogP contribution in [0.5, 0.6) is 0 Å². The van der Waals surface area contributed by atoms with Crippen LogP contribution in [0.3, 0.4) is 0 Å². The van der Waals surface area contributed by atoms with E-state index in [2.05, 4.69) is 231 Å². The number of hydrogen-bond donors (Lipinski definition) is 1. The number of nitrogens with one attached hydrogen (secondary N) is 1. The van der Waals surface area contributed by atoms with E-state index in [1.54, 1.807) is 0 Å². The highest BCUT2D eigenvalue weighted by Gasteiger charge is 2.45. The molecule has 5 aliphatic rings. The summed E-state index contributed by atoms with van der Waals surface area (Å²) in [4.78, 5) is 2.76. The first-order valence-electron chi connectivity index (χ1n) is 27.1. The van der Waals surface area contributed by atoms with Crippen LogP contribution in [-0.4, -0.2) is 7.28 Å². The Balaban J connectivity index is 1.18. The molecule has 0 aromatic heterocycles. The van der Waals surface area contributed by atoms with Gasteiger partial charge in [-0.1, -0.05) is 175 Å². The Bertz CT molecular complexity index is 3420. The van der Waals surface area contributed by atoms with E-state index in [1.807, 2.05) is 0 Å². The summed E-state index contributed by atoms with van der Waals surface area (Å²) in [6, 6.07) is 43.6. The second-order valence-corrected chi connectivity index (χ2v) is 27.3. The van der Waals surface area contributed by atoms with Gasteiger partial charge in [-0.2, -0.15) is 0 Å². The van der Waals surface area contributed by atoms with Gasteiger partial charge in [0.25, 0.3) is 0 Å². The van der Waals surface area contributed by atoms with Crippen molar-refractivity contribution in [1.82, 2.24) is 0 Å². The number of fused-ring (bicyclic) bond motifs is 11. The molecule has 3 heteroatoms. The van der Waals surface area contributed by atoms with Crippen molar-refractivity contribution in [3.63, 3.8) is 0 Å². The first kappa shape index (κ1) is 46.5. The van der Waals surface area contributed by atoms with Crippen LogP contribution in [0.15, 0.2) is 109 Å². The van der Waals surface area contributed by atoms with Crippen LogP contribution in [-0.2, 0) is 37.9 Å². The maximum atomic E-state index is 4.20. The molecule has 7 aromatic carbocycles. The molecule has 2 nitrogen and oxygen atoms in total. The third-order valence-electron chi connectivity index (χ3n) is 19.4. The Hall–Kier alpha value is -5.54. The van der Waals surface area contributed by atoms with Crippen LogP contribution in [0, 0.1) is 6.92 Å². The number of benzene rings is 7. The number of hydrogen-bond acceptors (Lipinski definition) is 2. The Kier molecular flexibility index (Phi) is 9.85. The largest absolute Gasteiger partial charge is 0.355 e. The minimum absolute atomic E-state index is 0.0282. The predicted molar refractivity (Wildman–Crippen MR) is 307 cm³/mol. The highest BCUT2D eigenvalue weighted by Crippen LogP contribution is 2.58. The Morgan fingerprint density at radius 2 is 0.972 bits per heavy atom. The van der Waals surface area contributed by atoms with Crippen LogP contribution in [0.2, 0.25) is 0 Å². The zero-order valence-corrected chi connectivity index (χ0v) is 45.7. The molecule has 0 fully saturated rings. The molecule has 7 aromatic rings. The SMILES string of the molecule is Cc1cc2c(cc1N1c3c(ccc4c3-c3ccccc3C4(C)C)[B]c3c(-c4cc5c(cc4Nc4ccc6c(c4)C(C)(C)CCC6(C)C)C(C)(C)CCC5(C)C)cc4ccccc4c31)C(C)(C)CCC2(C)C. The van der Waals surface area contributed by atoms with E-state index in [1.165, 1.54) is 148 Å². The molecule has 361 valence electrons. The lowest BCUT2D eigenvalue weighted by Gasteiger charge is -2.44. The molecular formula is C68H76BN2. The molecule has 1 N–H and O–H groups in total. The number of aryl methyl sites for hydroxylation is 1. The third-order valence-corrected chi connectivity index (χ3v) is 19.4. The lowest BCUT2D eigenvalue weighted by atomic mass is 9.56. The Labute approximate surface area is 427 Å². The van der Waals surface area contributed by atoms with Crippen molar-refractivity contribution < 1.29 is 0 Å². The topological polar surface area (TPSA) is 15.3 Å². The molecule has 0 saturated carbocycles. The molecule has 1 aliphatic heterocycles. The predicted octanol–water partition coefficient (Wildman–Crippen LogP) is 17.4. The van der Waals surface area contributed by atoms with Crippen molar-refractivity contribution in [3.05, 3.63) is 159 Å². The van der Waals surface area contributed by atoms with Gasteiger partial charge in [0.1, 0.15) is 0 Å². The zero-order valence-electron chi connectivity index (χ0n) is 45.7. The van der Waals surface area contributed by atoms with E-state index in [0.29, 0.717) is 0 Å². The van der Waals surface area contributed by atoms with Crippen molar-refractivity contribution >= 4 is 57.4 Å². The zero-order chi connectivity index (χ0) is 50.2. The Morgan fingerprint density at radius 3 is 1.63 bits per heavy atom. The second kappa shape index (κ2) is 15.0. The Morgan fingerprint density at radius 1 is 0.437 bits per heavy atom. The van der Waals surface area contributed by atoms with Crippen LogP contribution < -0.4 is 21.1 Å². The highest BCUT2D eigenvalue weighted by molar-refractivity contribution is 6.74. The molecular weight excluding hydrogens is 856 g/mol. The number of nitrogens with zero attached hydrogens (tertiary/aromatic N) is 1. The summed E-state index contributed by atoms with van der Waals surface area (Å²) < 4.78 is 0. The van der Waals surface area contributed by atoms with Gasteiger partial charge < -0.3 is 10.2 Å². The van der Waals surface area contributed by atoms with Crippen LogP contribution in [0.1, 0.15) is 186 Å². The minimum Gasteiger partial charge on any atom is -0.355 e. The van der Waals surface area contributed by atoms with Crippen molar-refractivity contribution in [3.8, 4) is 22.3 Å². The van der Waals surface area contributed by atoms with E-state index >= 15 is 0 Å². The van der Waals surface area contributed by atoms with Crippen molar-refractivity contribution in [2.75, 3.05) is 10.2 Å². The van der Waals surface area contributed by atoms with Crippen LogP contribution in [0.25, 0.3) is 33.0 Å². The van der Waals surface area contributed by atoms with Crippen LogP contribution in [0.4, 0.5) is 28.4 Å². The van der Waals surface area contributed by atoms with E-state index in [4.69, 9.17) is 0 Å². The number of rotatable bonds is 4. The van der Waals surface area contributed by atoms with Gasteiger partial charge in [-0.3, -0.25) is 0 Å². The monoisotopic (exact) mass is 932 g/mol. The van der Waals surface area contributed by atoms with Gasteiger partial charge in [0.2, 0.25) is 0 Å². The van der Waals surface area contributed by atoms with Gasteiger partial charge in [-0.15, -0.1) is 0 Å². The fourth-order valence-electron chi connectivity index (χ4n) is 14.3. The van der Waals surface area contributed by atoms with Crippen LogP contribution >= 0.6 is 0 Å². The summed E-state index contributed by atoms with van der Waals surface area (Å²) in [6.07, 6.45) is 7.07. The quantitative estimate of drug-likeness (QED) is 0.177. The second-order valence-electron chi connectivity index (χ2n) is 27.3. The average Bonchev–Trinajstić information content (AvgIpc) is 3.55. The smallest absolute Gasteiger partial charge is 0.197 e. The molecule has 4 aliphatic carbocycles. The average molecular weight is 932 g/mol. The minimum atomic E-state index is -0.139. The highest BCUT2D eigenvalue weighted by atomic mass is 15.2. The molecule has 1 radical (unpaired) electrons. The molecule has 0 bridgehead atoms. The molecule has 0 saturated heterocycles. The standard InChI is InChI=1S/C68H76BN2/c1-40-34-50-54(67(12,13)33-30-63(50,4)5)39-57(40)71-60-43-21-17-16-20-41(43)35-46(59(60)69-55-27-26-49-58(61(55)71)44-22-18-19-23-47(44)68(49,14)15)45-37-52-53(66(10,11)32-31-65(52,8)9)38-56(45)70-42-24-25-48-51(36-42)64(6,7)29-28-62(48,2)3/h16-27,34-39,70H,28-33H2,1-15H3. The summed E-state index contributed by atoms with van der Waals surface area (Å²) in [5, 5.41) is 6.74. The molecule has 0 amide bonds. The van der Waals surface area contributed by atoms with Gasteiger partial charge in [0, 0.05) is 50.4 Å². The lowest BCUT2D eigenvalue weighted by Crippen LogP contribution is -2.42. The van der Waals surface area contributed by atoms with Gasteiger partial charge >= 0.3 is 0 Å². The normalized spacial score (nSPS) is 20.6. The molecule has 12 rings (SSSR count). The number of anilines is 5. The van der Waals surface area contributed by atoms with E-state index < -0.39 is 0 Å². The molecule has 0 atom stereocenters. The fourth-order valence-corrected chi connectivity index (χ4v) is 14.3. The fraction of sp³-hybridized carbons (Fsp3) is 0.412. The van der Waals surface area contributed by atoms with Crippen molar-refractivity contribution in [2.24, 2.45) is 0 Å². The van der Waals surface area contributed by atoms with E-state index in [9.17, 15) is 0 Å². The molecule has 0 spiro atoms. The maximum absolute atomic E-state index is 4.20. The summed E-state index contributed by atoms with van der Waals surface area (Å²) in [7, 11) is 2.57. The maximum Gasteiger partial charge on any atom is 0.197 e. The third kappa shape index (κ3) is 6.86. The molecule has 1 heterocycles. The molecule has 71 heavy (non-hydrogen) atoms. The van der Waals surface area contributed by atoms with E-state index in [-0.39, 0.29) is 37.9 Å². The molecule has 0 unspecified atom stereocenters. The van der Waals surface area contributed by atoms with Gasteiger partial charge in [0.15, 0.2) is 7.28 Å². The van der Waals surface area contributed by atoms with E-state index in [0.717, 1.165) is 12.8 Å². The summed E-state index contributed by atoms with van der Waals surface area (Å²) in [5.74, 6) is 0. The summed E-state index contributed by atoms with van der Waals surface area (Å²) >= 11 is 0. The first-order chi connectivity index (χ1) is 33.3. The van der Waals surface area contributed by atoms with Crippen molar-refractivity contribution in [1.29, 1.82) is 0 Å². The van der Waals surface area contributed by atoms with Gasteiger partial charge in [-0.25, -0.2) is 0 Å². The lowest BCUT2D eigenvalue weighted by molar-refractivity contribution is 0.332. The van der Waals surface area contributed by atoms with Crippen molar-refractivity contribution in [2.45, 2.75) is 180 Å². The first-order valence-corrected chi connectivity index (χ1v) is 27.1.